The fourth-order valence-corrected chi connectivity index (χ4v) is 2.80. The minimum absolute atomic E-state index is 0.0892. The molecule has 3 heteroatoms. The molecule has 1 amide bonds. The lowest BCUT2D eigenvalue weighted by molar-refractivity contribution is -0.131. The molecule has 0 saturated heterocycles. The van der Waals surface area contributed by atoms with Crippen molar-refractivity contribution >= 4 is 5.91 Å². The van der Waals surface area contributed by atoms with Crippen LogP contribution in [0.3, 0.4) is 0 Å². The molecule has 2 fully saturated rings. The Bertz CT molecular complexity index is 282. The Morgan fingerprint density at radius 3 is 2.50 bits per heavy atom. The van der Waals surface area contributed by atoms with Crippen LogP contribution in [0, 0.1) is 11.3 Å². The monoisotopic (exact) mass is 225 g/mol. The fourth-order valence-electron chi connectivity index (χ4n) is 2.80. The quantitative estimate of drug-likeness (QED) is 0.770. The predicted molar refractivity (Wildman–Crippen MR) is 62.9 cm³/mol. The second kappa shape index (κ2) is 4.02. The van der Waals surface area contributed by atoms with Crippen molar-refractivity contribution in [1.29, 1.82) is 0 Å². The van der Waals surface area contributed by atoms with Crippen molar-refractivity contribution in [2.24, 2.45) is 11.3 Å². The highest BCUT2D eigenvalue weighted by atomic mass is 16.3. The predicted octanol–water partition coefficient (Wildman–Crippen LogP) is 1.84. The van der Waals surface area contributed by atoms with Gasteiger partial charge >= 0.3 is 0 Å². The number of aliphatic hydroxyl groups is 1. The van der Waals surface area contributed by atoms with Gasteiger partial charge in [0.25, 0.3) is 0 Å². The van der Waals surface area contributed by atoms with Gasteiger partial charge in [0.15, 0.2) is 0 Å². The zero-order valence-corrected chi connectivity index (χ0v) is 10.4. The van der Waals surface area contributed by atoms with Gasteiger partial charge in [-0.25, -0.2) is 0 Å². The summed E-state index contributed by atoms with van der Waals surface area (Å²) in [5, 5.41) is 12.3. The summed E-state index contributed by atoms with van der Waals surface area (Å²) in [6.45, 7) is 4.47. The Morgan fingerprint density at radius 1 is 1.31 bits per heavy atom. The number of aliphatic hydroxyl groups excluding tert-OH is 1. The smallest absolute Gasteiger partial charge is 0.224 e. The number of rotatable bonds is 3. The van der Waals surface area contributed by atoms with Gasteiger partial charge < -0.3 is 10.4 Å². The van der Waals surface area contributed by atoms with Gasteiger partial charge in [0.05, 0.1) is 12.1 Å². The average Bonchev–Trinajstić information content (AvgIpc) is 2.97. The molecule has 0 bridgehead atoms. The highest BCUT2D eigenvalue weighted by Gasteiger charge is 2.46. The fraction of sp³-hybridized carbons (Fsp3) is 0.923. The van der Waals surface area contributed by atoms with E-state index in [0.29, 0.717) is 0 Å². The molecule has 0 aliphatic heterocycles. The van der Waals surface area contributed by atoms with E-state index < -0.39 is 0 Å². The van der Waals surface area contributed by atoms with Crippen LogP contribution in [0.25, 0.3) is 0 Å². The van der Waals surface area contributed by atoms with Crippen LogP contribution < -0.4 is 5.32 Å². The minimum atomic E-state index is -0.259. The summed E-state index contributed by atoms with van der Waals surface area (Å²) in [5.74, 6) is 0.293. The summed E-state index contributed by atoms with van der Waals surface area (Å²) < 4.78 is 0. The molecule has 0 radical (unpaired) electrons. The summed E-state index contributed by atoms with van der Waals surface area (Å²) in [6, 6.07) is 0. The van der Waals surface area contributed by atoms with E-state index in [0.717, 1.165) is 32.1 Å². The Labute approximate surface area is 97.6 Å². The van der Waals surface area contributed by atoms with Crippen molar-refractivity contribution in [3.8, 4) is 0 Å². The number of amides is 1. The highest BCUT2D eigenvalue weighted by molar-refractivity contribution is 5.80. The second-order valence-electron chi connectivity index (χ2n) is 6.21. The molecule has 1 atom stereocenters. The summed E-state index contributed by atoms with van der Waals surface area (Å²) in [4.78, 5) is 12.2. The minimum Gasteiger partial charge on any atom is -0.394 e. The van der Waals surface area contributed by atoms with Crippen LogP contribution >= 0.6 is 0 Å². The van der Waals surface area contributed by atoms with Gasteiger partial charge in [-0.1, -0.05) is 26.7 Å². The molecule has 2 saturated carbocycles. The van der Waals surface area contributed by atoms with E-state index >= 15 is 0 Å². The molecule has 2 aliphatic rings. The first-order valence-corrected chi connectivity index (χ1v) is 6.42. The first kappa shape index (κ1) is 11.9. The van der Waals surface area contributed by atoms with Crippen LogP contribution in [0.4, 0.5) is 0 Å². The maximum Gasteiger partial charge on any atom is 0.224 e. The Hall–Kier alpha value is -0.570. The highest BCUT2D eigenvalue weighted by Crippen LogP contribution is 2.42. The molecular formula is C13H23NO2. The van der Waals surface area contributed by atoms with Crippen molar-refractivity contribution in [1.82, 2.24) is 5.32 Å². The van der Waals surface area contributed by atoms with Gasteiger partial charge in [0.2, 0.25) is 5.91 Å². The Kier molecular flexibility index (Phi) is 2.99. The van der Waals surface area contributed by atoms with Gasteiger partial charge in [-0.15, -0.1) is 0 Å². The van der Waals surface area contributed by atoms with Crippen molar-refractivity contribution in [2.75, 3.05) is 6.61 Å². The molecule has 0 aromatic heterocycles. The lowest BCUT2D eigenvalue weighted by Gasteiger charge is -2.38. The molecule has 92 valence electrons. The molecule has 0 aromatic rings. The van der Waals surface area contributed by atoms with Crippen molar-refractivity contribution < 1.29 is 9.90 Å². The van der Waals surface area contributed by atoms with Crippen LogP contribution in [0.1, 0.15) is 52.4 Å². The number of nitrogens with one attached hydrogen (secondary N) is 1. The SMILES string of the molecule is CC1(C)CCCCC1C(=O)NC1(CO)CC1. The molecule has 1 unspecified atom stereocenters. The van der Waals surface area contributed by atoms with Gasteiger partial charge in [0, 0.05) is 5.92 Å². The average molecular weight is 225 g/mol. The summed E-state index contributed by atoms with van der Waals surface area (Å²) >= 11 is 0. The first-order valence-electron chi connectivity index (χ1n) is 6.42. The number of hydrogen-bond donors (Lipinski definition) is 2. The Balaban J connectivity index is 1.98. The van der Waals surface area contributed by atoms with Crippen LogP contribution in [0.2, 0.25) is 0 Å². The molecule has 0 heterocycles. The van der Waals surface area contributed by atoms with Crippen molar-refractivity contribution in [2.45, 2.75) is 57.9 Å². The van der Waals surface area contributed by atoms with Crippen LogP contribution in [0.5, 0.6) is 0 Å². The third-order valence-electron chi connectivity index (χ3n) is 4.37. The molecule has 2 rings (SSSR count). The van der Waals surface area contributed by atoms with Crippen molar-refractivity contribution in [3.05, 3.63) is 0 Å². The zero-order valence-electron chi connectivity index (χ0n) is 10.4. The molecule has 2 aliphatic carbocycles. The number of carbonyl (C=O) groups is 1. The lowest BCUT2D eigenvalue weighted by Crippen LogP contribution is -2.47. The van der Waals surface area contributed by atoms with Gasteiger partial charge in [-0.3, -0.25) is 4.79 Å². The zero-order chi connectivity index (χ0) is 11.8. The Morgan fingerprint density at radius 2 is 2.00 bits per heavy atom. The van der Waals surface area contributed by atoms with Crippen LogP contribution in [0.15, 0.2) is 0 Å². The summed E-state index contributed by atoms with van der Waals surface area (Å²) in [7, 11) is 0. The van der Waals surface area contributed by atoms with Crippen LogP contribution in [-0.2, 0) is 4.79 Å². The van der Waals surface area contributed by atoms with Gasteiger partial charge in [-0.05, 0) is 31.1 Å². The van der Waals surface area contributed by atoms with E-state index in [1.807, 2.05) is 0 Å². The molecule has 2 N–H and O–H groups in total. The second-order valence-corrected chi connectivity index (χ2v) is 6.21. The number of carbonyl (C=O) groups excluding carboxylic acids is 1. The van der Waals surface area contributed by atoms with Gasteiger partial charge in [-0.2, -0.15) is 0 Å². The maximum absolute atomic E-state index is 12.2. The van der Waals surface area contributed by atoms with E-state index in [1.165, 1.54) is 6.42 Å². The van der Waals surface area contributed by atoms with E-state index in [4.69, 9.17) is 0 Å². The summed E-state index contributed by atoms with van der Waals surface area (Å²) in [5.41, 5.74) is -0.140. The van der Waals surface area contributed by atoms with E-state index in [9.17, 15) is 9.90 Å². The van der Waals surface area contributed by atoms with Crippen molar-refractivity contribution in [3.63, 3.8) is 0 Å². The first-order chi connectivity index (χ1) is 7.49. The lowest BCUT2D eigenvalue weighted by atomic mass is 9.68. The van der Waals surface area contributed by atoms with Crippen LogP contribution in [-0.4, -0.2) is 23.2 Å². The number of hydrogen-bond acceptors (Lipinski definition) is 2. The molecule has 16 heavy (non-hydrogen) atoms. The third kappa shape index (κ3) is 2.24. The largest absolute Gasteiger partial charge is 0.394 e. The normalized spacial score (nSPS) is 30.8. The topological polar surface area (TPSA) is 49.3 Å². The maximum atomic E-state index is 12.2. The summed E-state index contributed by atoms with van der Waals surface area (Å²) in [6.07, 6.45) is 6.40. The molecule has 3 nitrogen and oxygen atoms in total. The standard InChI is InChI=1S/C13H23NO2/c1-12(2)6-4-3-5-10(12)11(16)14-13(9-15)7-8-13/h10,15H,3-9H2,1-2H3,(H,14,16). The van der Waals surface area contributed by atoms with E-state index in [1.54, 1.807) is 0 Å². The molecular weight excluding hydrogens is 202 g/mol. The van der Waals surface area contributed by atoms with E-state index in [2.05, 4.69) is 19.2 Å². The van der Waals surface area contributed by atoms with E-state index in [-0.39, 0.29) is 29.4 Å². The molecule has 0 aromatic carbocycles. The third-order valence-corrected chi connectivity index (χ3v) is 4.37. The van der Waals surface area contributed by atoms with Gasteiger partial charge in [0.1, 0.15) is 0 Å². The molecule has 0 spiro atoms.